The predicted octanol–water partition coefficient (Wildman–Crippen LogP) is 11.5. The van der Waals surface area contributed by atoms with Crippen molar-refractivity contribution < 1.29 is 14.0 Å². The highest BCUT2D eigenvalue weighted by Gasteiger charge is 2.18. The van der Waals surface area contributed by atoms with Gasteiger partial charge in [0.15, 0.2) is 17.5 Å². The maximum atomic E-state index is 9.75. The van der Waals surface area contributed by atoms with Crippen molar-refractivity contribution in [2.24, 2.45) is 0 Å². The number of furan rings is 1. The lowest BCUT2D eigenvalue weighted by Crippen LogP contribution is -2.00. The summed E-state index contributed by atoms with van der Waals surface area (Å²) in [5, 5.41) is 1.73. The molecule has 0 saturated heterocycles. The molecule has 0 spiro atoms. The largest absolute Gasteiger partial charge is 0.456 e. The molecule has 0 aliphatic carbocycles. The Balaban J connectivity index is 1.28. The number of fused-ring (bicyclic) bond motifs is 6. The highest BCUT2D eigenvalue weighted by molar-refractivity contribution is 6.11. The Morgan fingerprint density at radius 3 is 1.68 bits per heavy atom. The molecule has 0 aliphatic heterocycles. The molecule has 0 N–H and O–H groups in total. The molecule has 10 rings (SSSR count). The molecule has 0 radical (unpaired) electrons. The maximum absolute atomic E-state index is 9.75. The lowest BCUT2D eigenvalue weighted by Gasteiger charge is -2.10. The van der Waals surface area contributed by atoms with E-state index in [1.165, 1.54) is 0 Å². The van der Waals surface area contributed by atoms with Crippen LogP contribution in [0.4, 0.5) is 0 Å². The van der Waals surface area contributed by atoms with Gasteiger partial charge in [0.25, 0.3) is 0 Å². The average Bonchev–Trinajstić information content (AvgIpc) is 3.81. The van der Waals surface area contributed by atoms with Crippen LogP contribution in [0.1, 0.15) is 9.60 Å². The van der Waals surface area contributed by atoms with Crippen LogP contribution in [0, 0.1) is 0 Å². The quantitative estimate of drug-likeness (QED) is 0.186. The van der Waals surface area contributed by atoms with E-state index in [1.54, 1.807) is 16.7 Å². The van der Waals surface area contributed by atoms with Gasteiger partial charge >= 0.3 is 0 Å². The first-order valence-electron chi connectivity index (χ1n) is 19.6. The molecule has 5 heteroatoms. The summed E-state index contributed by atoms with van der Waals surface area (Å²) < 4.78 is 72.2. The summed E-state index contributed by atoms with van der Waals surface area (Å²) in [7, 11) is 0. The third-order valence-electron chi connectivity index (χ3n) is 8.90. The van der Waals surface area contributed by atoms with E-state index in [4.69, 9.17) is 24.9 Å². The van der Waals surface area contributed by atoms with E-state index in [2.05, 4.69) is 0 Å². The van der Waals surface area contributed by atoms with Crippen LogP contribution in [0.3, 0.4) is 0 Å². The predicted molar refractivity (Wildman–Crippen MR) is 203 cm³/mol. The van der Waals surface area contributed by atoms with Crippen LogP contribution in [0.5, 0.6) is 0 Å². The van der Waals surface area contributed by atoms with Crippen LogP contribution in [-0.4, -0.2) is 19.5 Å². The summed E-state index contributed by atoms with van der Waals surface area (Å²) in [5.74, 6) is 0.617. The smallest absolute Gasteiger partial charge is 0.164 e. The fourth-order valence-corrected chi connectivity index (χ4v) is 6.52. The van der Waals surface area contributed by atoms with Crippen LogP contribution < -0.4 is 0 Å². The van der Waals surface area contributed by atoms with Gasteiger partial charge in [-0.15, -0.1) is 0 Å². The molecule has 0 unspecified atom stereocenters. The average molecular weight is 648 g/mol. The minimum atomic E-state index is -0.475. The number of para-hydroxylation sites is 1. The minimum absolute atomic E-state index is 0.00431. The summed E-state index contributed by atoms with van der Waals surface area (Å²) in [4.78, 5) is 14.3. The highest BCUT2D eigenvalue weighted by Crippen LogP contribution is 2.38. The first kappa shape index (κ1) is 21.9. The molecule has 50 heavy (non-hydrogen) atoms. The first-order chi connectivity index (χ1) is 27.7. The summed E-state index contributed by atoms with van der Waals surface area (Å²) in [5.41, 5.74) is 5.26. The molecule has 0 fully saturated rings. The van der Waals surface area contributed by atoms with E-state index < -0.39 is 12.1 Å². The van der Waals surface area contributed by atoms with Crippen molar-refractivity contribution in [3.8, 4) is 51.0 Å². The van der Waals surface area contributed by atoms with Gasteiger partial charge < -0.3 is 8.98 Å². The molecular formula is C45H28N4O. The Hall–Kier alpha value is -6.85. The van der Waals surface area contributed by atoms with Crippen LogP contribution in [0.25, 0.3) is 94.7 Å². The van der Waals surface area contributed by atoms with E-state index >= 15 is 0 Å². The Labute approximate surface area is 297 Å². The summed E-state index contributed by atoms with van der Waals surface area (Å²) in [6.07, 6.45) is 0. The van der Waals surface area contributed by atoms with E-state index in [9.17, 15) is 4.11 Å². The molecule has 7 aromatic carbocycles. The lowest BCUT2D eigenvalue weighted by molar-refractivity contribution is 0.669. The van der Waals surface area contributed by atoms with Crippen molar-refractivity contribution >= 4 is 43.7 Å². The molecule has 0 saturated carbocycles. The number of hydrogen-bond acceptors (Lipinski definition) is 4. The van der Waals surface area contributed by atoms with Gasteiger partial charge in [0.05, 0.1) is 20.6 Å². The van der Waals surface area contributed by atoms with Crippen molar-refractivity contribution in [3.05, 3.63) is 170 Å². The number of rotatable bonds is 5. The highest BCUT2D eigenvalue weighted by atomic mass is 16.3. The van der Waals surface area contributed by atoms with E-state index in [-0.39, 0.29) is 63.4 Å². The topological polar surface area (TPSA) is 56.7 Å². The zero-order valence-electron chi connectivity index (χ0n) is 33.3. The molecule has 234 valence electrons. The van der Waals surface area contributed by atoms with Gasteiger partial charge in [0.2, 0.25) is 0 Å². The van der Waals surface area contributed by atoms with Crippen molar-refractivity contribution in [1.82, 2.24) is 19.5 Å². The van der Waals surface area contributed by atoms with Crippen LogP contribution >= 0.6 is 0 Å². The van der Waals surface area contributed by atoms with E-state index in [0.29, 0.717) is 39.6 Å². The molecular weight excluding hydrogens is 613 g/mol. The fraction of sp³-hybridized carbons (Fsp3) is 0. The van der Waals surface area contributed by atoms with Gasteiger partial charge in [0.1, 0.15) is 11.2 Å². The summed E-state index contributed by atoms with van der Waals surface area (Å²) >= 11 is 0. The zero-order valence-corrected chi connectivity index (χ0v) is 26.3. The Bertz CT molecular complexity index is 3200. The zero-order chi connectivity index (χ0) is 39.1. The fourth-order valence-electron chi connectivity index (χ4n) is 6.52. The lowest BCUT2D eigenvalue weighted by atomic mass is 10.0. The van der Waals surface area contributed by atoms with Crippen molar-refractivity contribution in [1.29, 1.82) is 0 Å². The van der Waals surface area contributed by atoms with Gasteiger partial charge in [0, 0.05) is 43.9 Å². The Morgan fingerprint density at radius 2 is 1.00 bits per heavy atom. The minimum Gasteiger partial charge on any atom is -0.456 e. The molecule has 0 amide bonds. The third-order valence-corrected chi connectivity index (χ3v) is 8.90. The summed E-state index contributed by atoms with van der Waals surface area (Å²) in [6.45, 7) is 0. The third kappa shape index (κ3) is 4.67. The van der Waals surface area contributed by atoms with Crippen LogP contribution in [-0.2, 0) is 0 Å². The number of hydrogen-bond donors (Lipinski definition) is 0. The van der Waals surface area contributed by atoms with E-state index in [1.807, 2.05) is 115 Å². The Morgan fingerprint density at radius 1 is 0.440 bits per heavy atom. The monoisotopic (exact) mass is 647 g/mol. The maximum Gasteiger partial charge on any atom is 0.164 e. The van der Waals surface area contributed by atoms with Crippen molar-refractivity contribution in [3.63, 3.8) is 0 Å². The van der Waals surface area contributed by atoms with Gasteiger partial charge in [-0.1, -0.05) is 115 Å². The van der Waals surface area contributed by atoms with Gasteiger partial charge in [-0.3, -0.25) is 0 Å². The van der Waals surface area contributed by atoms with Crippen molar-refractivity contribution in [2.45, 2.75) is 0 Å². The molecule has 5 nitrogen and oxygen atoms in total. The summed E-state index contributed by atoms with van der Waals surface area (Å²) in [6, 6.07) is 37.4. The second-order valence-corrected chi connectivity index (χ2v) is 11.9. The van der Waals surface area contributed by atoms with Crippen LogP contribution in [0.2, 0.25) is 0 Å². The number of aromatic nitrogens is 4. The molecule has 10 aromatic rings. The molecule has 3 heterocycles. The normalized spacial score (nSPS) is 13.6. The first-order valence-corrected chi connectivity index (χ1v) is 16.1. The van der Waals surface area contributed by atoms with Gasteiger partial charge in [-0.2, -0.15) is 0 Å². The standard InChI is InChI=1S/C45H28N4O/c1-4-12-29(13-5-1)32-21-24-41-37(26-32)38-28-34(22-25-42(38)50-41)49-39-19-11-10-18-35(39)36-27-33(20-23-40(36)49)45-47-43(30-14-6-2-7-15-30)46-44(48-45)31-16-8-3-9-17-31/h1-28H/i10D,11D,18D,19D,20D,23D,27D. The Kier molecular flexibility index (Phi) is 4.99. The number of benzene rings is 7. The SMILES string of the molecule is [2H]c1c([2H])c([2H])c2c(c1[2H])c1c([2H])c(-c3nc(-c4ccccc4)nc(-c4ccccc4)n3)c([2H])c([2H])c1n2-c1ccc2oc3ccc(-c4ccccc4)cc3c2c1. The molecule has 3 aromatic heterocycles. The van der Waals surface area contributed by atoms with E-state index in [0.717, 1.165) is 21.9 Å². The van der Waals surface area contributed by atoms with Gasteiger partial charge in [-0.25, -0.2) is 15.0 Å². The second kappa shape index (κ2) is 11.4. The van der Waals surface area contributed by atoms with Gasteiger partial charge in [-0.05, 0) is 65.6 Å². The molecule has 0 bridgehead atoms. The molecule has 0 atom stereocenters. The second-order valence-electron chi connectivity index (χ2n) is 11.9. The number of nitrogens with zero attached hydrogens (tertiary/aromatic N) is 4. The van der Waals surface area contributed by atoms with Crippen molar-refractivity contribution in [2.75, 3.05) is 0 Å². The van der Waals surface area contributed by atoms with Crippen LogP contribution in [0.15, 0.2) is 174 Å². The molecule has 0 aliphatic rings.